The van der Waals surface area contributed by atoms with Crippen LogP contribution < -0.4 is 0 Å². The Hall–Kier alpha value is 0. The van der Waals surface area contributed by atoms with Crippen molar-refractivity contribution >= 4 is 0 Å². The fourth-order valence-corrected chi connectivity index (χ4v) is 27.7. The molecule has 17 aliphatic carbocycles. The predicted octanol–water partition coefficient (Wildman–Crippen LogP) is 31.8. The second-order valence-electron chi connectivity index (χ2n) is 46.3. The van der Waals surface area contributed by atoms with Crippen molar-refractivity contribution in [2.75, 3.05) is 0 Å². The molecule has 0 aromatic carbocycles. The van der Waals surface area contributed by atoms with E-state index in [9.17, 15) is 0 Å². The van der Waals surface area contributed by atoms with Crippen molar-refractivity contribution in [1.82, 2.24) is 0 Å². The molecule has 0 heterocycles. The van der Waals surface area contributed by atoms with Crippen molar-refractivity contribution in [2.45, 2.75) is 434 Å². The molecule has 0 amide bonds. The van der Waals surface area contributed by atoms with Gasteiger partial charge in [-0.3, -0.25) is 0 Å². The Balaban J connectivity index is 0.000000171. The highest BCUT2D eigenvalue weighted by molar-refractivity contribution is 5.07. The minimum Gasteiger partial charge on any atom is -0.0651 e. The van der Waals surface area contributed by atoms with Crippen LogP contribution in [0.25, 0.3) is 0 Å². The summed E-state index contributed by atoms with van der Waals surface area (Å²) < 4.78 is 0. The molecule has 17 aliphatic rings. The quantitative estimate of drug-likeness (QED) is 0.257. The lowest BCUT2D eigenvalue weighted by Gasteiger charge is -2.49. The Bertz CT molecular complexity index is 2220. The van der Waals surface area contributed by atoms with Crippen LogP contribution in [0.4, 0.5) is 0 Å². The average Bonchev–Trinajstić information content (AvgIpc) is 1.61. The average molecular weight is 1340 g/mol. The van der Waals surface area contributed by atoms with Crippen LogP contribution in [-0.4, -0.2) is 0 Å². The number of hydrogen-bond acceptors (Lipinski definition) is 0. The second kappa shape index (κ2) is 32.4. The minimum atomic E-state index is 0.459. The maximum absolute atomic E-state index is 2.49. The molecule has 0 spiro atoms. The molecule has 0 saturated heterocycles. The second-order valence-corrected chi connectivity index (χ2v) is 46.3. The van der Waals surface area contributed by atoms with Gasteiger partial charge in [0.05, 0.1) is 0 Å². The van der Waals surface area contributed by atoms with Crippen molar-refractivity contribution in [3.63, 3.8) is 0 Å². The van der Waals surface area contributed by atoms with Gasteiger partial charge in [0, 0.05) is 0 Å². The molecule has 10 bridgehead atoms. The monoisotopic (exact) mass is 1340 g/mol. The van der Waals surface area contributed by atoms with Crippen LogP contribution in [0, 0.1) is 177 Å². The molecule has 0 heteroatoms. The van der Waals surface area contributed by atoms with E-state index in [1.807, 2.05) is 0 Å². The third kappa shape index (κ3) is 19.3. The Morgan fingerprint density at radius 1 is 0.375 bits per heavy atom. The van der Waals surface area contributed by atoms with Gasteiger partial charge < -0.3 is 0 Å². The molecule has 566 valence electrons. The zero-order valence-corrected chi connectivity index (χ0v) is 72.6. The molecule has 0 aliphatic heterocycles. The van der Waals surface area contributed by atoms with Crippen LogP contribution in [0.2, 0.25) is 0 Å². The van der Waals surface area contributed by atoms with Crippen molar-refractivity contribution < 1.29 is 0 Å². The van der Waals surface area contributed by atoms with E-state index in [1.165, 1.54) is 148 Å². The molecule has 11 atom stereocenters. The number of rotatable bonds is 5. The van der Waals surface area contributed by atoms with Crippen LogP contribution in [-0.2, 0) is 0 Å². The Morgan fingerprint density at radius 2 is 0.812 bits per heavy atom. The van der Waals surface area contributed by atoms with Crippen molar-refractivity contribution in [3.05, 3.63) is 0 Å². The first-order chi connectivity index (χ1) is 43.9. The summed E-state index contributed by atoms with van der Waals surface area (Å²) in [5, 5.41) is 0. The van der Waals surface area contributed by atoms with Crippen LogP contribution >= 0.6 is 0 Å². The topological polar surface area (TPSA) is 0 Å². The highest BCUT2D eigenvalue weighted by Crippen LogP contribution is 2.66. The minimum absolute atomic E-state index is 0.459. The number of fused-ring (bicyclic) bond motifs is 13. The first-order valence-electron chi connectivity index (χ1n) is 43.9. The van der Waals surface area contributed by atoms with Crippen LogP contribution in [0.5, 0.6) is 0 Å². The van der Waals surface area contributed by atoms with Gasteiger partial charge >= 0.3 is 0 Å². The summed E-state index contributed by atoms with van der Waals surface area (Å²) in [5.74, 6) is 19.8. The molecular formula is C96H182. The summed E-state index contributed by atoms with van der Waals surface area (Å²) in [5.41, 5.74) is 6.84. The fourth-order valence-electron chi connectivity index (χ4n) is 27.7. The van der Waals surface area contributed by atoms with Crippen molar-refractivity contribution in [3.8, 4) is 0 Å². The molecule has 0 N–H and O–H groups in total. The molecule has 17 rings (SSSR count). The molecule has 7 unspecified atom stereocenters. The third-order valence-electron chi connectivity index (χ3n) is 36.9. The van der Waals surface area contributed by atoms with Crippen molar-refractivity contribution in [1.29, 1.82) is 0 Å². The SMILES string of the molecule is CC(C)C1C(C)(C)CCC1(C)C.CC1C2CCC(CC2)[C@H]1C.CCC1(C)CC(C)(C)C(C)(C)C1.CCC1C(C)(C)CCC1(C)C.CCC1CC(C)(C)C(C)(C)C1(C)C.CCC1CC2CCC1C2.C[C@@H]1C2CCC(C2)C1(C)C.C[C@H]1CC2CCC1(C)CC2.C[C@H]1CC2CCC1CC2. The molecule has 17 saturated carbocycles. The first kappa shape index (κ1) is 84.9. The summed E-state index contributed by atoms with van der Waals surface area (Å²) in [6.45, 7) is 80.0. The Morgan fingerprint density at radius 3 is 1.03 bits per heavy atom. The maximum atomic E-state index is 2.49. The van der Waals surface area contributed by atoms with Gasteiger partial charge in [0.15, 0.2) is 0 Å². The predicted molar refractivity (Wildman–Crippen MR) is 430 cm³/mol. The standard InChI is InChI=1S/C13H26.2C12H24.C11H22.3C10H18.2C9H16/c1-8-10-9-11(2,3)13(6,7)12(10,4)5;1-9(2)10-11(3,4)7-8-12(10,5)6;1-7-12(6)8-10(2,3)11(4,5)9-12;1-6-9-10(2,3)7-8-11(9,4)5;1-7-8-4-5-9(6-8)10(7,2)3;1-8-7-9-3-5-10(8,2)6-4-9;1-7-8(2)10-5-3-9(7)4-6-10;1-7-6-8-2-4-9(7)5-3-8;1-2-8-5-7-3-4-9(8)6-7/h10H,8-9H2,1-7H3;9-10H,7-8H2,1-6H3;7-9H2,1-6H3;9H,6-8H2,1-5H3;7-9H,4-6H2,1-3H3;8-9H,3-7H2,1-2H3;7-10H,3-6H2,1-2H3;2*7-9H,2-6H2,1H3/t;;;;7-,8?,9?;8-,9?,10?;7-,8?,9?,10?;7-,8?,9?;/m....1000./s1. The van der Waals surface area contributed by atoms with E-state index in [4.69, 9.17) is 0 Å². The number of hydrogen-bond donors (Lipinski definition) is 0. The maximum Gasteiger partial charge on any atom is -0.0249 e. The van der Waals surface area contributed by atoms with Gasteiger partial charge in [-0.05, 0) is 338 Å². The lowest BCUT2D eigenvalue weighted by atomic mass is 9.57. The lowest BCUT2D eigenvalue weighted by molar-refractivity contribution is 0.0209. The largest absolute Gasteiger partial charge is 0.0651 e. The lowest BCUT2D eigenvalue weighted by Crippen LogP contribution is -2.38. The molecule has 0 radical (unpaired) electrons. The van der Waals surface area contributed by atoms with Gasteiger partial charge in [-0.15, -0.1) is 0 Å². The van der Waals surface area contributed by atoms with Crippen LogP contribution in [0.3, 0.4) is 0 Å². The van der Waals surface area contributed by atoms with E-state index >= 15 is 0 Å². The zero-order valence-electron chi connectivity index (χ0n) is 72.6. The molecule has 0 aromatic rings. The molecular weight excluding hydrogens is 1150 g/mol. The third-order valence-corrected chi connectivity index (χ3v) is 36.9. The van der Waals surface area contributed by atoms with Gasteiger partial charge in [-0.2, -0.15) is 0 Å². The Labute approximate surface area is 607 Å². The van der Waals surface area contributed by atoms with Gasteiger partial charge in [0.2, 0.25) is 0 Å². The van der Waals surface area contributed by atoms with Crippen LogP contribution in [0.15, 0.2) is 0 Å². The van der Waals surface area contributed by atoms with Crippen LogP contribution in [0.1, 0.15) is 434 Å². The summed E-state index contributed by atoms with van der Waals surface area (Å²) in [6.07, 6.45) is 47.6. The van der Waals surface area contributed by atoms with E-state index in [1.54, 1.807) is 57.8 Å². The van der Waals surface area contributed by atoms with E-state index in [-0.39, 0.29) is 0 Å². The fraction of sp³-hybridized carbons (Fsp3) is 1.00. The molecule has 96 heavy (non-hydrogen) atoms. The summed E-state index contributed by atoms with van der Waals surface area (Å²) in [6, 6.07) is 0. The first-order valence-corrected chi connectivity index (χ1v) is 43.9. The summed E-state index contributed by atoms with van der Waals surface area (Å²) >= 11 is 0. The summed E-state index contributed by atoms with van der Waals surface area (Å²) in [4.78, 5) is 0. The van der Waals surface area contributed by atoms with Gasteiger partial charge in [0.25, 0.3) is 0 Å². The highest BCUT2D eigenvalue weighted by Gasteiger charge is 2.58. The van der Waals surface area contributed by atoms with E-state index in [2.05, 4.69) is 228 Å². The molecule has 0 nitrogen and oxygen atoms in total. The normalized spacial score (nSPS) is 40.9. The van der Waals surface area contributed by atoms with Gasteiger partial charge in [0.1, 0.15) is 0 Å². The van der Waals surface area contributed by atoms with E-state index < -0.39 is 0 Å². The summed E-state index contributed by atoms with van der Waals surface area (Å²) in [7, 11) is 0. The van der Waals surface area contributed by atoms with Gasteiger partial charge in [-0.25, -0.2) is 0 Å². The van der Waals surface area contributed by atoms with Crippen molar-refractivity contribution in [2.24, 2.45) is 177 Å². The Kier molecular flexibility index (Phi) is 28.7. The molecule has 17 fully saturated rings. The van der Waals surface area contributed by atoms with Gasteiger partial charge in [-0.1, -0.05) is 273 Å². The highest BCUT2D eigenvalue weighted by atomic mass is 14.6. The zero-order chi connectivity index (χ0) is 72.6. The van der Waals surface area contributed by atoms with E-state index in [0.29, 0.717) is 59.6 Å². The molecule has 0 aromatic heterocycles. The smallest absolute Gasteiger partial charge is 0.0249 e. The van der Waals surface area contributed by atoms with E-state index in [0.717, 1.165) is 118 Å².